The highest BCUT2D eigenvalue weighted by Gasteiger charge is 2.19. The number of nitrogen functional groups attached to an aromatic ring is 1. The fraction of sp³-hybridized carbons (Fsp3) is 0.200. The molecule has 0 bridgehead atoms. The fourth-order valence-corrected chi connectivity index (χ4v) is 3.20. The lowest BCUT2D eigenvalue weighted by Crippen LogP contribution is -2.32. The van der Waals surface area contributed by atoms with Crippen LogP contribution < -0.4 is 17.0 Å². The first kappa shape index (κ1) is 17.9. The van der Waals surface area contributed by atoms with E-state index in [-0.39, 0.29) is 35.2 Å². The van der Waals surface area contributed by atoms with Crippen LogP contribution in [0, 0.1) is 5.82 Å². The molecular weight excluding hydrogens is 363 g/mol. The Morgan fingerprint density at radius 3 is 2.69 bits per heavy atom. The van der Waals surface area contributed by atoms with E-state index in [0.717, 1.165) is 17.3 Å². The maximum atomic E-state index is 13.1. The Morgan fingerprint density at radius 2 is 2.04 bits per heavy atom. The number of aromatic nitrogens is 4. The summed E-state index contributed by atoms with van der Waals surface area (Å²) in [6.07, 6.45) is 0. The maximum absolute atomic E-state index is 13.1. The lowest BCUT2D eigenvalue weighted by atomic mass is 10.2. The number of imidazole rings is 1. The number of aromatic amines is 1. The summed E-state index contributed by atoms with van der Waals surface area (Å²) < 4.78 is 14.7. The van der Waals surface area contributed by atoms with E-state index in [1.54, 1.807) is 16.7 Å². The van der Waals surface area contributed by atoms with Crippen molar-refractivity contribution in [3.05, 3.63) is 46.0 Å². The molecule has 0 spiro atoms. The number of halogens is 1. The second kappa shape index (κ2) is 7.14. The lowest BCUT2D eigenvalue weighted by Gasteiger charge is -2.10. The number of aliphatic carboxylic acids is 1. The van der Waals surface area contributed by atoms with Crippen molar-refractivity contribution in [3.63, 3.8) is 0 Å². The molecular formula is C15H15FN6O3S. The number of rotatable bonds is 6. The molecule has 136 valence electrons. The van der Waals surface area contributed by atoms with E-state index in [0.29, 0.717) is 5.16 Å². The van der Waals surface area contributed by atoms with Crippen molar-refractivity contribution in [2.24, 2.45) is 5.73 Å². The minimum absolute atomic E-state index is 0.0511. The van der Waals surface area contributed by atoms with Gasteiger partial charge in [-0.2, -0.15) is 4.98 Å². The molecule has 3 rings (SSSR count). The molecule has 0 aliphatic rings. The van der Waals surface area contributed by atoms with E-state index in [4.69, 9.17) is 16.6 Å². The van der Waals surface area contributed by atoms with Crippen LogP contribution >= 0.6 is 11.8 Å². The zero-order chi connectivity index (χ0) is 18.8. The van der Waals surface area contributed by atoms with Crippen LogP contribution in [-0.4, -0.2) is 42.4 Å². The number of thioether (sulfide) groups is 1. The lowest BCUT2D eigenvalue weighted by molar-refractivity contribution is -0.137. The molecule has 0 aliphatic carbocycles. The number of fused-ring (bicyclic) bond motifs is 1. The predicted molar refractivity (Wildman–Crippen MR) is 94.4 cm³/mol. The van der Waals surface area contributed by atoms with Gasteiger partial charge in [-0.3, -0.25) is 19.1 Å². The molecule has 11 heteroatoms. The van der Waals surface area contributed by atoms with Gasteiger partial charge in [0.25, 0.3) is 5.56 Å². The van der Waals surface area contributed by atoms with E-state index >= 15 is 0 Å². The number of H-pyrrole nitrogens is 1. The summed E-state index contributed by atoms with van der Waals surface area (Å²) in [6.45, 7) is 0.247. The second-order valence-corrected chi connectivity index (χ2v) is 6.47. The number of carboxylic acid groups (broad SMARTS) is 1. The molecule has 2 aromatic heterocycles. The molecule has 26 heavy (non-hydrogen) atoms. The quantitative estimate of drug-likeness (QED) is 0.449. The van der Waals surface area contributed by atoms with E-state index in [1.807, 2.05) is 0 Å². The first-order chi connectivity index (χ1) is 12.3. The van der Waals surface area contributed by atoms with E-state index in [2.05, 4.69) is 15.0 Å². The number of benzene rings is 1. The van der Waals surface area contributed by atoms with Crippen molar-refractivity contribution in [2.45, 2.75) is 17.7 Å². The average Bonchev–Trinajstić information content (AvgIpc) is 2.92. The Kier molecular flexibility index (Phi) is 4.91. The first-order valence-corrected chi connectivity index (χ1v) is 8.45. The van der Waals surface area contributed by atoms with Crippen LogP contribution in [0.3, 0.4) is 0 Å². The third-order valence-corrected chi connectivity index (χ3v) is 4.65. The SMILES string of the molecule is Nc1nc2c(nc(SCC(N)C(=O)O)n2Cc2ccc(F)cc2)c(=O)[nH]1. The van der Waals surface area contributed by atoms with Gasteiger partial charge < -0.3 is 16.6 Å². The van der Waals surface area contributed by atoms with Crippen LogP contribution in [0.5, 0.6) is 0 Å². The van der Waals surface area contributed by atoms with Gasteiger partial charge in [-0.15, -0.1) is 0 Å². The van der Waals surface area contributed by atoms with Gasteiger partial charge in [0.2, 0.25) is 5.95 Å². The number of nitrogens with one attached hydrogen (secondary N) is 1. The van der Waals surface area contributed by atoms with Gasteiger partial charge >= 0.3 is 5.97 Å². The molecule has 6 N–H and O–H groups in total. The van der Waals surface area contributed by atoms with Crippen LogP contribution in [-0.2, 0) is 11.3 Å². The number of hydrogen-bond acceptors (Lipinski definition) is 7. The molecule has 1 unspecified atom stereocenters. The van der Waals surface area contributed by atoms with E-state index in [1.165, 1.54) is 12.1 Å². The topological polar surface area (TPSA) is 153 Å². The number of nitrogens with two attached hydrogens (primary N) is 2. The summed E-state index contributed by atoms with van der Waals surface area (Å²) in [7, 11) is 0. The van der Waals surface area contributed by atoms with Gasteiger partial charge in [-0.1, -0.05) is 23.9 Å². The van der Waals surface area contributed by atoms with Gasteiger partial charge in [0.05, 0.1) is 6.54 Å². The van der Waals surface area contributed by atoms with Crippen LogP contribution in [0.2, 0.25) is 0 Å². The minimum atomic E-state index is -1.14. The molecule has 0 saturated carbocycles. The molecule has 9 nitrogen and oxygen atoms in total. The minimum Gasteiger partial charge on any atom is -0.480 e. The number of carbonyl (C=O) groups is 1. The summed E-state index contributed by atoms with van der Waals surface area (Å²) in [5.41, 5.74) is 11.7. The van der Waals surface area contributed by atoms with E-state index in [9.17, 15) is 14.0 Å². The molecule has 0 aliphatic heterocycles. The Hall–Kier alpha value is -2.92. The molecule has 0 amide bonds. The Balaban J connectivity index is 2.04. The number of carboxylic acids is 1. The van der Waals surface area contributed by atoms with Crippen molar-refractivity contribution >= 4 is 34.8 Å². The van der Waals surface area contributed by atoms with Crippen LogP contribution in [0.1, 0.15) is 5.56 Å². The van der Waals surface area contributed by atoms with Gasteiger partial charge in [-0.25, -0.2) is 9.37 Å². The highest BCUT2D eigenvalue weighted by atomic mass is 32.2. The van der Waals surface area contributed by atoms with Gasteiger partial charge in [0, 0.05) is 5.75 Å². The summed E-state index contributed by atoms with van der Waals surface area (Å²) in [5.74, 6) is -1.53. The standard InChI is InChI=1S/C15H15FN6O3S/c16-8-3-1-7(2-4-8)5-22-11-10(12(23)21-14(18)20-11)19-15(22)26-6-9(17)13(24)25/h1-4,9H,5-6,17H2,(H,24,25)(H3,18,20,21,23). The molecule has 3 aromatic rings. The van der Waals surface area contributed by atoms with Crippen molar-refractivity contribution in [3.8, 4) is 0 Å². The number of hydrogen-bond donors (Lipinski definition) is 4. The molecule has 1 atom stereocenters. The Labute approximate surface area is 150 Å². The molecule has 0 radical (unpaired) electrons. The van der Waals surface area contributed by atoms with Crippen molar-refractivity contribution in [1.82, 2.24) is 19.5 Å². The van der Waals surface area contributed by atoms with Gasteiger partial charge in [-0.05, 0) is 17.7 Å². The summed E-state index contributed by atoms with van der Waals surface area (Å²) in [6, 6.07) is 4.73. The molecule has 1 aromatic carbocycles. The smallest absolute Gasteiger partial charge is 0.321 e. The van der Waals surface area contributed by atoms with Crippen molar-refractivity contribution in [2.75, 3.05) is 11.5 Å². The largest absolute Gasteiger partial charge is 0.480 e. The fourth-order valence-electron chi connectivity index (χ4n) is 2.27. The zero-order valence-corrected chi connectivity index (χ0v) is 14.2. The summed E-state index contributed by atoms with van der Waals surface area (Å²) >= 11 is 1.08. The third kappa shape index (κ3) is 3.68. The van der Waals surface area contributed by atoms with Crippen molar-refractivity contribution < 1.29 is 14.3 Å². The highest BCUT2D eigenvalue weighted by molar-refractivity contribution is 7.99. The third-order valence-electron chi connectivity index (χ3n) is 3.55. The van der Waals surface area contributed by atoms with Crippen LogP contribution in [0.25, 0.3) is 11.2 Å². The predicted octanol–water partition coefficient (Wildman–Crippen LogP) is 0.393. The highest BCUT2D eigenvalue weighted by Crippen LogP contribution is 2.23. The Morgan fingerprint density at radius 1 is 1.35 bits per heavy atom. The second-order valence-electron chi connectivity index (χ2n) is 5.49. The van der Waals surface area contributed by atoms with Gasteiger partial charge in [0.15, 0.2) is 16.3 Å². The van der Waals surface area contributed by atoms with Gasteiger partial charge in [0.1, 0.15) is 11.9 Å². The number of anilines is 1. The average molecular weight is 378 g/mol. The van der Waals surface area contributed by atoms with Crippen LogP contribution in [0.15, 0.2) is 34.2 Å². The monoisotopic (exact) mass is 378 g/mol. The summed E-state index contributed by atoms with van der Waals surface area (Å²) in [5, 5.41) is 9.29. The first-order valence-electron chi connectivity index (χ1n) is 7.47. The molecule has 2 heterocycles. The Bertz CT molecular complexity index is 1020. The normalized spacial score (nSPS) is 12.4. The maximum Gasteiger partial charge on any atom is 0.321 e. The van der Waals surface area contributed by atoms with Crippen LogP contribution in [0.4, 0.5) is 10.3 Å². The number of nitrogens with zero attached hydrogens (tertiary/aromatic N) is 3. The van der Waals surface area contributed by atoms with Crippen molar-refractivity contribution in [1.29, 1.82) is 0 Å². The molecule has 0 saturated heterocycles. The summed E-state index contributed by atoms with van der Waals surface area (Å²) in [4.78, 5) is 33.7. The zero-order valence-electron chi connectivity index (χ0n) is 13.3. The van der Waals surface area contributed by atoms with E-state index < -0.39 is 17.6 Å². The molecule has 0 fully saturated rings.